The molecular weight excluding hydrogens is 234 g/mol. The molecule has 1 aromatic carbocycles. The number of urea groups is 1. The van der Waals surface area contributed by atoms with Crippen LogP contribution in [0.15, 0.2) is 27.4 Å². The topological polar surface area (TPSA) is 81.5 Å². The first-order chi connectivity index (χ1) is 8.49. The average Bonchev–Trinajstić information content (AvgIpc) is 2.62. The molecular formula is C12H15N3O3. The smallest absolute Gasteiger partial charge is 0.408 e. The lowest BCUT2D eigenvalue weighted by atomic mass is 10.1. The Hall–Kier alpha value is -2.24. The SMILES string of the molecule is CN(CCc1ccc2oc(=O)n(C)c2c1)C(N)=O. The summed E-state index contributed by atoms with van der Waals surface area (Å²) < 4.78 is 6.50. The molecule has 0 aliphatic rings. The van der Waals surface area contributed by atoms with E-state index < -0.39 is 6.03 Å². The minimum absolute atomic E-state index is 0.378. The van der Waals surface area contributed by atoms with E-state index in [2.05, 4.69) is 0 Å². The number of aromatic nitrogens is 1. The van der Waals surface area contributed by atoms with Crippen molar-refractivity contribution in [1.29, 1.82) is 0 Å². The first kappa shape index (κ1) is 12.2. The number of benzene rings is 1. The zero-order chi connectivity index (χ0) is 13.3. The maximum atomic E-state index is 11.3. The van der Waals surface area contributed by atoms with Crippen LogP contribution >= 0.6 is 0 Å². The van der Waals surface area contributed by atoms with Gasteiger partial charge in [0.15, 0.2) is 5.58 Å². The predicted molar refractivity (Wildman–Crippen MR) is 67.4 cm³/mol. The third kappa shape index (κ3) is 2.22. The van der Waals surface area contributed by atoms with Crippen LogP contribution in [0.2, 0.25) is 0 Å². The maximum absolute atomic E-state index is 11.3. The summed E-state index contributed by atoms with van der Waals surface area (Å²) in [7, 11) is 3.31. The van der Waals surface area contributed by atoms with Gasteiger partial charge in [-0.3, -0.25) is 4.57 Å². The Balaban J connectivity index is 2.22. The van der Waals surface area contributed by atoms with E-state index in [0.29, 0.717) is 18.5 Å². The molecule has 0 radical (unpaired) electrons. The number of nitrogens with two attached hydrogens (primary N) is 1. The van der Waals surface area contributed by atoms with Crippen molar-refractivity contribution < 1.29 is 9.21 Å². The summed E-state index contributed by atoms with van der Waals surface area (Å²) >= 11 is 0. The highest BCUT2D eigenvalue weighted by Crippen LogP contribution is 2.14. The summed E-state index contributed by atoms with van der Waals surface area (Å²) in [6.45, 7) is 0.534. The van der Waals surface area contributed by atoms with Crippen LogP contribution in [0.4, 0.5) is 4.79 Å². The molecule has 6 heteroatoms. The minimum Gasteiger partial charge on any atom is -0.408 e. The van der Waals surface area contributed by atoms with Crippen molar-refractivity contribution in [3.8, 4) is 0 Å². The second kappa shape index (κ2) is 4.56. The second-order valence-corrected chi connectivity index (χ2v) is 4.24. The van der Waals surface area contributed by atoms with Crippen LogP contribution in [0.3, 0.4) is 0 Å². The van der Waals surface area contributed by atoms with Crippen molar-refractivity contribution in [3.05, 3.63) is 34.3 Å². The molecule has 0 bridgehead atoms. The highest BCUT2D eigenvalue weighted by atomic mass is 16.4. The van der Waals surface area contributed by atoms with Crippen molar-refractivity contribution in [2.24, 2.45) is 12.8 Å². The Morgan fingerprint density at radius 3 is 2.89 bits per heavy atom. The lowest BCUT2D eigenvalue weighted by Gasteiger charge is -2.13. The third-order valence-corrected chi connectivity index (χ3v) is 2.97. The molecule has 0 aliphatic heterocycles. The molecule has 18 heavy (non-hydrogen) atoms. The van der Waals surface area contributed by atoms with Gasteiger partial charge < -0.3 is 15.1 Å². The van der Waals surface area contributed by atoms with Crippen molar-refractivity contribution in [3.63, 3.8) is 0 Å². The second-order valence-electron chi connectivity index (χ2n) is 4.24. The molecule has 0 fully saturated rings. The summed E-state index contributed by atoms with van der Waals surface area (Å²) in [6, 6.07) is 5.07. The van der Waals surface area contributed by atoms with Gasteiger partial charge in [-0.05, 0) is 24.1 Å². The van der Waals surface area contributed by atoms with Gasteiger partial charge in [0.05, 0.1) is 5.52 Å². The molecule has 0 unspecified atom stereocenters. The number of amides is 2. The van der Waals surface area contributed by atoms with Crippen LogP contribution in [0.25, 0.3) is 11.1 Å². The number of rotatable bonds is 3. The molecule has 96 valence electrons. The highest BCUT2D eigenvalue weighted by molar-refractivity contribution is 5.74. The fourth-order valence-electron chi connectivity index (χ4n) is 1.73. The number of primary amides is 1. The molecule has 2 aromatic rings. The van der Waals surface area contributed by atoms with Crippen molar-refractivity contribution >= 4 is 17.1 Å². The van der Waals surface area contributed by atoms with Crippen LogP contribution < -0.4 is 11.5 Å². The van der Waals surface area contributed by atoms with Gasteiger partial charge in [-0.1, -0.05) is 6.07 Å². The molecule has 0 saturated heterocycles. The summed E-state index contributed by atoms with van der Waals surface area (Å²) in [4.78, 5) is 23.7. The Morgan fingerprint density at radius 2 is 2.22 bits per heavy atom. The standard InChI is InChI=1S/C12H15N3O3/c1-14(11(13)16)6-5-8-3-4-10-9(7-8)15(2)12(17)18-10/h3-4,7H,5-6H2,1-2H3,(H2,13,16). The molecule has 0 saturated carbocycles. The maximum Gasteiger partial charge on any atom is 0.419 e. The lowest BCUT2D eigenvalue weighted by molar-refractivity contribution is 0.219. The van der Waals surface area contributed by atoms with Gasteiger partial charge >= 0.3 is 11.8 Å². The van der Waals surface area contributed by atoms with E-state index >= 15 is 0 Å². The van der Waals surface area contributed by atoms with E-state index in [1.807, 2.05) is 12.1 Å². The number of carbonyl (C=O) groups excluding carboxylic acids is 1. The van der Waals surface area contributed by atoms with Gasteiger partial charge in [0.1, 0.15) is 0 Å². The normalized spacial score (nSPS) is 10.8. The Labute approximate surface area is 104 Å². The van der Waals surface area contributed by atoms with Crippen LogP contribution in [0, 0.1) is 0 Å². The van der Waals surface area contributed by atoms with E-state index in [0.717, 1.165) is 11.1 Å². The lowest BCUT2D eigenvalue weighted by Crippen LogP contribution is -2.33. The fraction of sp³-hybridized carbons (Fsp3) is 0.333. The Morgan fingerprint density at radius 1 is 1.50 bits per heavy atom. The van der Waals surface area contributed by atoms with Crippen molar-refractivity contribution in [2.75, 3.05) is 13.6 Å². The third-order valence-electron chi connectivity index (χ3n) is 2.97. The predicted octanol–water partition coefficient (Wildman–Crippen LogP) is 0.684. The van der Waals surface area contributed by atoms with Crippen LogP contribution in [-0.2, 0) is 13.5 Å². The first-order valence-electron chi connectivity index (χ1n) is 5.58. The largest absolute Gasteiger partial charge is 0.419 e. The molecule has 2 rings (SSSR count). The van der Waals surface area contributed by atoms with Gasteiger partial charge in [0, 0.05) is 20.6 Å². The Bertz CT molecular complexity index is 642. The van der Waals surface area contributed by atoms with E-state index in [1.165, 1.54) is 9.47 Å². The Kier molecular flexibility index (Phi) is 3.10. The molecule has 1 aromatic heterocycles. The van der Waals surface area contributed by atoms with Crippen LogP contribution in [-0.4, -0.2) is 29.1 Å². The number of hydrogen-bond acceptors (Lipinski definition) is 3. The van der Waals surface area contributed by atoms with Crippen LogP contribution in [0.1, 0.15) is 5.56 Å². The average molecular weight is 249 g/mol. The van der Waals surface area contributed by atoms with Gasteiger partial charge in [-0.2, -0.15) is 0 Å². The number of likely N-dealkylation sites (N-methyl/N-ethyl adjacent to an activating group) is 1. The molecule has 6 nitrogen and oxygen atoms in total. The van der Waals surface area contributed by atoms with E-state index in [9.17, 15) is 9.59 Å². The number of aryl methyl sites for hydroxylation is 1. The molecule has 0 aliphatic carbocycles. The number of hydrogen-bond donors (Lipinski definition) is 1. The highest BCUT2D eigenvalue weighted by Gasteiger charge is 2.08. The van der Waals surface area contributed by atoms with Gasteiger partial charge in [-0.15, -0.1) is 0 Å². The molecule has 1 heterocycles. The summed E-state index contributed by atoms with van der Waals surface area (Å²) in [5, 5.41) is 0. The number of nitrogens with zero attached hydrogens (tertiary/aromatic N) is 2. The van der Waals surface area contributed by atoms with E-state index in [-0.39, 0.29) is 5.76 Å². The van der Waals surface area contributed by atoms with Crippen molar-refractivity contribution in [1.82, 2.24) is 9.47 Å². The zero-order valence-electron chi connectivity index (χ0n) is 10.3. The van der Waals surface area contributed by atoms with Crippen molar-refractivity contribution in [2.45, 2.75) is 6.42 Å². The summed E-state index contributed by atoms with van der Waals surface area (Å²) in [6.07, 6.45) is 0.675. The number of fused-ring (bicyclic) bond motifs is 1. The van der Waals surface area contributed by atoms with Gasteiger partial charge in [-0.25, -0.2) is 9.59 Å². The molecule has 2 amide bonds. The first-order valence-corrected chi connectivity index (χ1v) is 5.58. The van der Waals surface area contributed by atoms with E-state index in [1.54, 1.807) is 20.2 Å². The fourth-order valence-corrected chi connectivity index (χ4v) is 1.73. The quantitative estimate of drug-likeness (QED) is 0.868. The van der Waals surface area contributed by atoms with Gasteiger partial charge in [0.25, 0.3) is 0 Å². The number of carbonyl (C=O) groups is 1. The van der Waals surface area contributed by atoms with E-state index in [4.69, 9.17) is 10.2 Å². The molecule has 2 N–H and O–H groups in total. The summed E-state index contributed by atoms with van der Waals surface area (Å²) in [5.41, 5.74) is 7.48. The molecule has 0 atom stereocenters. The number of oxazole rings is 1. The minimum atomic E-state index is -0.452. The zero-order valence-corrected chi connectivity index (χ0v) is 10.3. The van der Waals surface area contributed by atoms with Crippen LogP contribution in [0.5, 0.6) is 0 Å². The monoisotopic (exact) mass is 249 g/mol. The molecule has 0 spiro atoms. The summed E-state index contributed by atoms with van der Waals surface area (Å²) in [5.74, 6) is -0.378. The van der Waals surface area contributed by atoms with Gasteiger partial charge in [0.2, 0.25) is 0 Å².